The number of methoxy groups -OCH3 is 1. The van der Waals surface area contributed by atoms with Gasteiger partial charge in [0.25, 0.3) is 10.1 Å². The Balaban J connectivity index is 0.000000336. The van der Waals surface area contributed by atoms with Crippen LogP contribution < -0.4 is 0 Å². The highest BCUT2D eigenvalue weighted by Gasteiger charge is 2.20. The molecule has 15 heavy (non-hydrogen) atoms. The fourth-order valence-electron chi connectivity index (χ4n) is 1.50. The molecule has 1 aliphatic carbocycles. The van der Waals surface area contributed by atoms with Gasteiger partial charge in [-0.1, -0.05) is 19.3 Å². The van der Waals surface area contributed by atoms with Crippen LogP contribution in [0.15, 0.2) is 0 Å². The lowest BCUT2D eigenvalue weighted by molar-refractivity contribution is -0.146. The zero-order valence-electron chi connectivity index (χ0n) is 9.10. The molecule has 1 rings (SSSR count). The Morgan fingerprint density at radius 3 is 2.00 bits per heavy atom. The summed E-state index contributed by atoms with van der Waals surface area (Å²) in [4.78, 5) is 10.9. The quantitative estimate of drug-likeness (QED) is 0.549. The Hall–Kier alpha value is -0.620. The summed E-state index contributed by atoms with van der Waals surface area (Å²) in [5, 5.41) is 0. The van der Waals surface area contributed by atoms with Gasteiger partial charge in [-0.25, -0.2) is 0 Å². The summed E-state index contributed by atoms with van der Waals surface area (Å²) in [6.07, 6.45) is 6.46. The van der Waals surface area contributed by atoms with Crippen molar-refractivity contribution in [2.24, 2.45) is 5.92 Å². The number of carbonyl (C=O) groups is 1. The van der Waals surface area contributed by atoms with E-state index in [4.69, 9.17) is 4.55 Å². The van der Waals surface area contributed by atoms with Crippen molar-refractivity contribution in [2.45, 2.75) is 32.1 Å². The molecule has 6 heteroatoms. The van der Waals surface area contributed by atoms with Crippen LogP contribution in [0.5, 0.6) is 0 Å². The maximum Gasteiger partial charge on any atom is 0.308 e. The Morgan fingerprint density at radius 2 is 1.67 bits per heavy atom. The minimum Gasteiger partial charge on any atom is -0.469 e. The summed E-state index contributed by atoms with van der Waals surface area (Å²) >= 11 is 0. The second-order valence-electron chi connectivity index (χ2n) is 3.59. The van der Waals surface area contributed by atoms with E-state index in [1.165, 1.54) is 26.4 Å². The van der Waals surface area contributed by atoms with Gasteiger partial charge in [-0.15, -0.1) is 0 Å². The normalized spacial score (nSPS) is 17.5. The molecule has 0 aromatic heterocycles. The van der Waals surface area contributed by atoms with Crippen LogP contribution >= 0.6 is 0 Å². The first-order chi connectivity index (χ1) is 6.84. The van der Waals surface area contributed by atoms with Crippen molar-refractivity contribution >= 4 is 16.1 Å². The summed E-state index contributed by atoms with van der Waals surface area (Å²) < 4.78 is 30.5. The standard InChI is InChI=1S/C8H14O2.CH4O3S/c1-10-8(9)7-5-3-2-4-6-7;1-5(2,3)4/h7H,2-6H2,1H3;1H3,(H,2,3,4). The highest BCUT2D eigenvalue weighted by Crippen LogP contribution is 2.24. The zero-order valence-corrected chi connectivity index (χ0v) is 9.92. The number of carbonyl (C=O) groups excluding carboxylic acids is 1. The van der Waals surface area contributed by atoms with Crippen molar-refractivity contribution in [3.8, 4) is 0 Å². The third kappa shape index (κ3) is 9.68. The molecule has 5 nitrogen and oxygen atoms in total. The molecule has 1 saturated carbocycles. The minimum atomic E-state index is -3.67. The van der Waals surface area contributed by atoms with E-state index in [9.17, 15) is 13.2 Å². The largest absolute Gasteiger partial charge is 0.469 e. The summed E-state index contributed by atoms with van der Waals surface area (Å²) in [5.74, 6) is 0.193. The molecule has 1 fully saturated rings. The van der Waals surface area contributed by atoms with Crippen LogP contribution in [0, 0.1) is 5.92 Å². The molecule has 0 heterocycles. The van der Waals surface area contributed by atoms with Crippen LogP contribution in [-0.2, 0) is 19.6 Å². The maximum absolute atomic E-state index is 10.9. The molecule has 0 spiro atoms. The third-order valence-corrected chi connectivity index (χ3v) is 2.14. The van der Waals surface area contributed by atoms with Gasteiger partial charge in [-0.05, 0) is 12.8 Å². The van der Waals surface area contributed by atoms with Gasteiger partial charge in [-0.2, -0.15) is 8.42 Å². The summed E-state index contributed by atoms with van der Waals surface area (Å²) in [7, 11) is -2.20. The first-order valence-corrected chi connectivity index (χ1v) is 6.69. The highest BCUT2D eigenvalue weighted by molar-refractivity contribution is 7.85. The second kappa shape index (κ2) is 6.79. The SMILES string of the molecule is COC(=O)C1CCCCC1.CS(=O)(=O)O. The molecule has 1 aliphatic rings. The van der Waals surface area contributed by atoms with Crippen LogP contribution in [0.2, 0.25) is 0 Å². The van der Waals surface area contributed by atoms with E-state index >= 15 is 0 Å². The molecule has 0 unspecified atom stereocenters. The molecule has 0 aromatic carbocycles. The summed E-state index contributed by atoms with van der Waals surface area (Å²) in [6.45, 7) is 0. The van der Waals surface area contributed by atoms with Crippen LogP contribution in [0.4, 0.5) is 0 Å². The van der Waals surface area contributed by atoms with E-state index < -0.39 is 10.1 Å². The van der Waals surface area contributed by atoms with E-state index in [2.05, 4.69) is 4.74 Å². The van der Waals surface area contributed by atoms with Crippen molar-refractivity contribution in [3.05, 3.63) is 0 Å². The molecule has 0 radical (unpaired) electrons. The molecule has 0 atom stereocenters. The van der Waals surface area contributed by atoms with E-state index in [1.807, 2.05) is 0 Å². The number of esters is 1. The lowest BCUT2D eigenvalue weighted by Gasteiger charge is -2.18. The molecular formula is C9H18O5S. The number of ether oxygens (including phenoxy) is 1. The van der Waals surface area contributed by atoms with Crippen LogP contribution in [0.25, 0.3) is 0 Å². The molecule has 0 saturated heterocycles. The number of hydrogen-bond acceptors (Lipinski definition) is 4. The predicted molar refractivity (Wildman–Crippen MR) is 56.1 cm³/mol. The molecular weight excluding hydrogens is 220 g/mol. The molecule has 0 bridgehead atoms. The first-order valence-electron chi connectivity index (χ1n) is 4.85. The average molecular weight is 238 g/mol. The van der Waals surface area contributed by atoms with Gasteiger partial charge < -0.3 is 4.74 Å². The molecule has 0 amide bonds. The first kappa shape index (κ1) is 14.4. The van der Waals surface area contributed by atoms with Gasteiger partial charge in [0.2, 0.25) is 0 Å². The predicted octanol–water partition coefficient (Wildman–Crippen LogP) is 1.24. The van der Waals surface area contributed by atoms with Gasteiger partial charge in [-0.3, -0.25) is 9.35 Å². The zero-order chi connectivity index (χ0) is 11.9. The topological polar surface area (TPSA) is 80.7 Å². The van der Waals surface area contributed by atoms with E-state index in [0.717, 1.165) is 12.8 Å². The lowest BCUT2D eigenvalue weighted by Crippen LogP contribution is -2.18. The monoisotopic (exact) mass is 238 g/mol. The fraction of sp³-hybridized carbons (Fsp3) is 0.889. The number of hydrogen-bond donors (Lipinski definition) is 1. The van der Waals surface area contributed by atoms with Crippen molar-refractivity contribution in [1.29, 1.82) is 0 Å². The third-order valence-electron chi connectivity index (χ3n) is 2.14. The van der Waals surface area contributed by atoms with Crippen LogP contribution in [0.1, 0.15) is 32.1 Å². The van der Waals surface area contributed by atoms with Crippen molar-refractivity contribution in [3.63, 3.8) is 0 Å². The van der Waals surface area contributed by atoms with Crippen molar-refractivity contribution in [2.75, 3.05) is 13.4 Å². The Bertz CT molecular complexity index is 269. The van der Waals surface area contributed by atoms with Gasteiger partial charge in [0, 0.05) is 0 Å². The van der Waals surface area contributed by atoms with Gasteiger partial charge in [0.05, 0.1) is 19.3 Å². The maximum atomic E-state index is 10.9. The van der Waals surface area contributed by atoms with E-state index in [0.29, 0.717) is 6.26 Å². The minimum absolute atomic E-state index is 0.0142. The lowest BCUT2D eigenvalue weighted by atomic mass is 9.89. The summed E-state index contributed by atoms with van der Waals surface area (Å²) in [6, 6.07) is 0. The number of rotatable bonds is 1. The summed E-state index contributed by atoms with van der Waals surface area (Å²) in [5.41, 5.74) is 0. The average Bonchev–Trinajstić information content (AvgIpc) is 2.15. The fourth-order valence-corrected chi connectivity index (χ4v) is 1.50. The van der Waals surface area contributed by atoms with Gasteiger partial charge >= 0.3 is 5.97 Å². The Kier molecular flexibility index (Phi) is 6.51. The molecule has 0 aliphatic heterocycles. The second-order valence-corrected chi connectivity index (χ2v) is 5.06. The van der Waals surface area contributed by atoms with Crippen LogP contribution in [-0.4, -0.2) is 32.3 Å². The van der Waals surface area contributed by atoms with Crippen molar-refractivity contribution in [1.82, 2.24) is 0 Å². The Morgan fingerprint density at radius 1 is 1.27 bits per heavy atom. The van der Waals surface area contributed by atoms with Crippen LogP contribution in [0.3, 0.4) is 0 Å². The molecule has 1 N–H and O–H groups in total. The highest BCUT2D eigenvalue weighted by atomic mass is 32.2. The smallest absolute Gasteiger partial charge is 0.308 e. The Labute approximate surface area is 90.6 Å². The molecule has 0 aromatic rings. The molecule has 90 valence electrons. The van der Waals surface area contributed by atoms with E-state index in [1.54, 1.807) is 0 Å². The van der Waals surface area contributed by atoms with E-state index in [-0.39, 0.29) is 11.9 Å². The van der Waals surface area contributed by atoms with Gasteiger partial charge in [0.15, 0.2) is 0 Å². The van der Waals surface area contributed by atoms with Gasteiger partial charge in [0.1, 0.15) is 0 Å². The van der Waals surface area contributed by atoms with Crippen molar-refractivity contribution < 1.29 is 22.5 Å².